The number of nitrogens with two attached hydrogens (primary N) is 1. The van der Waals surface area contributed by atoms with Gasteiger partial charge in [-0.1, -0.05) is 12.1 Å². The van der Waals surface area contributed by atoms with Crippen molar-refractivity contribution in [2.75, 3.05) is 17.7 Å². The second-order valence-electron chi connectivity index (χ2n) is 4.58. The number of aromatic carboxylic acids is 1. The van der Waals surface area contributed by atoms with Gasteiger partial charge in [-0.3, -0.25) is 0 Å². The lowest BCUT2D eigenvalue weighted by Gasteiger charge is -2.20. The van der Waals surface area contributed by atoms with Crippen LogP contribution in [-0.2, 0) is 6.54 Å². The molecule has 6 nitrogen and oxygen atoms in total. The zero-order valence-electron chi connectivity index (χ0n) is 11.4. The van der Waals surface area contributed by atoms with Gasteiger partial charge in [0.25, 0.3) is 0 Å². The first-order valence-electron chi connectivity index (χ1n) is 6.21. The van der Waals surface area contributed by atoms with E-state index in [-0.39, 0.29) is 5.69 Å². The second-order valence-corrected chi connectivity index (χ2v) is 4.58. The van der Waals surface area contributed by atoms with Crippen molar-refractivity contribution in [1.82, 2.24) is 4.98 Å². The molecule has 0 fully saturated rings. The molecule has 21 heavy (non-hydrogen) atoms. The van der Waals surface area contributed by atoms with Crippen LogP contribution in [0.25, 0.3) is 0 Å². The first kappa shape index (κ1) is 14.3. The largest absolute Gasteiger partial charge is 0.477 e. The van der Waals surface area contributed by atoms with Crippen molar-refractivity contribution < 1.29 is 9.90 Å². The molecule has 0 aliphatic rings. The molecule has 3 N–H and O–H groups in total. The summed E-state index contributed by atoms with van der Waals surface area (Å²) in [5.74, 6) is -0.701. The Morgan fingerprint density at radius 3 is 2.86 bits per heavy atom. The quantitative estimate of drug-likeness (QED) is 0.887. The fraction of sp³-hybridized carbons (Fsp3) is 0.133. The van der Waals surface area contributed by atoms with Crippen molar-refractivity contribution in [2.24, 2.45) is 0 Å². The van der Waals surface area contributed by atoms with Crippen LogP contribution in [0.3, 0.4) is 0 Å². The number of nitriles is 1. The number of nitrogens with zero attached hydrogens (tertiary/aromatic N) is 3. The van der Waals surface area contributed by atoms with E-state index in [9.17, 15) is 4.79 Å². The highest BCUT2D eigenvalue weighted by atomic mass is 16.4. The number of carbonyl (C=O) groups is 1. The van der Waals surface area contributed by atoms with E-state index in [4.69, 9.17) is 16.1 Å². The number of hydrogen-bond acceptors (Lipinski definition) is 5. The van der Waals surface area contributed by atoms with Gasteiger partial charge in [-0.25, -0.2) is 9.78 Å². The van der Waals surface area contributed by atoms with E-state index in [0.717, 1.165) is 5.56 Å². The average Bonchev–Trinajstić information content (AvgIpc) is 2.47. The Labute approximate surface area is 122 Å². The van der Waals surface area contributed by atoms with E-state index in [0.29, 0.717) is 23.6 Å². The molecule has 6 heteroatoms. The molecule has 1 aromatic carbocycles. The highest BCUT2D eigenvalue weighted by Crippen LogP contribution is 2.21. The van der Waals surface area contributed by atoms with Gasteiger partial charge in [0.15, 0.2) is 11.5 Å². The van der Waals surface area contributed by atoms with Gasteiger partial charge < -0.3 is 15.7 Å². The van der Waals surface area contributed by atoms with E-state index in [1.165, 1.54) is 12.1 Å². The minimum atomic E-state index is -1.10. The van der Waals surface area contributed by atoms with Gasteiger partial charge >= 0.3 is 5.97 Å². The molecule has 0 unspecified atom stereocenters. The summed E-state index contributed by atoms with van der Waals surface area (Å²) in [6.45, 7) is 0.468. The number of aromatic nitrogens is 1. The maximum absolute atomic E-state index is 11.0. The molecular weight excluding hydrogens is 268 g/mol. The molecule has 0 bridgehead atoms. The maximum Gasteiger partial charge on any atom is 0.354 e. The molecule has 0 spiro atoms. The molecule has 0 saturated carbocycles. The van der Waals surface area contributed by atoms with Gasteiger partial charge in [-0.05, 0) is 29.8 Å². The molecular formula is C15H14N4O2. The number of benzene rings is 1. The number of anilines is 2. The Bertz CT molecular complexity index is 722. The van der Waals surface area contributed by atoms with Gasteiger partial charge in [0.2, 0.25) is 0 Å². The Kier molecular flexibility index (Phi) is 4.05. The standard InChI is InChI=1S/C15H14N4O2/c1-19(9-11-4-2-3-10(7-11)8-16)14-12(17)5-6-13(18-14)15(20)21/h2-7H,9,17H2,1H3,(H,20,21). The second kappa shape index (κ2) is 5.92. The molecule has 0 aliphatic heterocycles. The summed E-state index contributed by atoms with van der Waals surface area (Å²) >= 11 is 0. The van der Waals surface area contributed by atoms with Crippen LogP contribution in [0.4, 0.5) is 11.5 Å². The molecule has 2 aromatic rings. The van der Waals surface area contributed by atoms with Gasteiger partial charge in [-0.15, -0.1) is 0 Å². The molecule has 106 valence electrons. The molecule has 1 heterocycles. The average molecular weight is 282 g/mol. The van der Waals surface area contributed by atoms with Crippen molar-refractivity contribution in [2.45, 2.75) is 6.54 Å². The highest BCUT2D eigenvalue weighted by Gasteiger charge is 2.12. The number of pyridine rings is 1. The number of carboxylic acid groups (broad SMARTS) is 1. The third-order valence-electron chi connectivity index (χ3n) is 2.96. The molecule has 1 aromatic heterocycles. The lowest BCUT2D eigenvalue weighted by molar-refractivity contribution is 0.0690. The Balaban J connectivity index is 2.27. The molecule has 0 aliphatic carbocycles. The SMILES string of the molecule is CN(Cc1cccc(C#N)c1)c1nc(C(=O)O)ccc1N. The van der Waals surface area contributed by atoms with Gasteiger partial charge in [0.1, 0.15) is 0 Å². The normalized spacial score (nSPS) is 9.90. The van der Waals surface area contributed by atoms with Crippen LogP contribution in [0.15, 0.2) is 36.4 Å². The number of rotatable bonds is 4. The predicted molar refractivity (Wildman–Crippen MR) is 78.9 cm³/mol. The summed E-state index contributed by atoms with van der Waals surface area (Å²) < 4.78 is 0. The number of nitrogen functional groups attached to an aromatic ring is 1. The van der Waals surface area contributed by atoms with Crippen molar-refractivity contribution >= 4 is 17.5 Å². The summed E-state index contributed by atoms with van der Waals surface area (Å²) in [6, 6.07) is 12.1. The maximum atomic E-state index is 11.0. The van der Waals surface area contributed by atoms with Crippen LogP contribution in [0.1, 0.15) is 21.6 Å². The van der Waals surface area contributed by atoms with Crippen LogP contribution < -0.4 is 10.6 Å². The van der Waals surface area contributed by atoms with Crippen molar-refractivity contribution in [3.8, 4) is 6.07 Å². The fourth-order valence-electron chi connectivity index (χ4n) is 1.97. The van der Waals surface area contributed by atoms with Crippen LogP contribution >= 0.6 is 0 Å². The molecule has 0 saturated heterocycles. The first-order valence-corrected chi connectivity index (χ1v) is 6.21. The van der Waals surface area contributed by atoms with E-state index >= 15 is 0 Å². The van der Waals surface area contributed by atoms with Crippen LogP contribution in [0.5, 0.6) is 0 Å². The zero-order valence-corrected chi connectivity index (χ0v) is 11.4. The van der Waals surface area contributed by atoms with Gasteiger partial charge in [0.05, 0.1) is 17.3 Å². The lowest BCUT2D eigenvalue weighted by Crippen LogP contribution is -2.20. The van der Waals surface area contributed by atoms with Crippen LogP contribution in [-0.4, -0.2) is 23.1 Å². The van der Waals surface area contributed by atoms with E-state index in [2.05, 4.69) is 11.1 Å². The molecule has 0 amide bonds. The van der Waals surface area contributed by atoms with Crippen LogP contribution in [0.2, 0.25) is 0 Å². The number of carboxylic acids is 1. The van der Waals surface area contributed by atoms with Crippen molar-refractivity contribution in [3.05, 3.63) is 53.2 Å². The van der Waals surface area contributed by atoms with E-state index in [1.807, 2.05) is 6.07 Å². The van der Waals surface area contributed by atoms with Crippen molar-refractivity contribution in [3.63, 3.8) is 0 Å². The lowest BCUT2D eigenvalue weighted by atomic mass is 10.1. The van der Waals surface area contributed by atoms with Gasteiger partial charge in [-0.2, -0.15) is 5.26 Å². The Morgan fingerprint density at radius 2 is 2.19 bits per heavy atom. The first-order chi connectivity index (χ1) is 10.0. The number of hydrogen-bond donors (Lipinski definition) is 2. The highest BCUT2D eigenvalue weighted by molar-refractivity contribution is 5.86. The zero-order chi connectivity index (χ0) is 15.4. The van der Waals surface area contributed by atoms with Crippen LogP contribution in [0, 0.1) is 11.3 Å². The summed E-state index contributed by atoms with van der Waals surface area (Å²) in [5.41, 5.74) is 7.68. The predicted octanol–water partition coefficient (Wildman–Crippen LogP) is 1.87. The molecule has 0 radical (unpaired) electrons. The van der Waals surface area contributed by atoms with Crippen molar-refractivity contribution in [1.29, 1.82) is 5.26 Å². The topological polar surface area (TPSA) is 103 Å². The minimum Gasteiger partial charge on any atom is -0.477 e. The third kappa shape index (κ3) is 3.28. The third-order valence-corrected chi connectivity index (χ3v) is 2.96. The summed E-state index contributed by atoms with van der Waals surface area (Å²) in [4.78, 5) is 16.8. The smallest absolute Gasteiger partial charge is 0.354 e. The van der Waals surface area contributed by atoms with Gasteiger partial charge in [0, 0.05) is 13.6 Å². The molecule has 2 rings (SSSR count). The minimum absolute atomic E-state index is 0.0585. The fourth-order valence-corrected chi connectivity index (χ4v) is 1.97. The molecule has 0 atom stereocenters. The Hall–Kier alpha value is -3.07. The van der Waals surface area contributed by atoms with E-state index < -0.39 is 5.97 Å². The summed E-state index contributed by atoms with van der Waals surface area (Å²) in [5, 5.41) is 17.9. The Morgan fingerprint density at radius 1 is 1.43 bits per heavy atom. The summed E-state index contributed by atoms with van der Waals surface area (Å²) in [6.07, 6.45) is 0. The van der Waals surface area contributed by atoms with E-state index in [1.54, 1.807) is 30.1 Å². The monoisotopic (exact) mass is 282 g/mol. The summed E-state index contributed by atoms with van der Waals surface area (Å²) in [7, 11) is 1.77.